The van der Waals surface area contributed by atoms with Gasteiger partial charge < -0.3 is 0 Å². The monoisotopic (exact) mass is 106 g/mol. The van der Waals surface area contributed by atoms with E-state index in [1.807, 2.05) is 18.3 Å². The Morgan fingerprint density at radius 1 is 1.75 bits per heavy atom. The molecular formula is C7H8N. The van der Waals surface area contributed by atoms with E-state index in [1.54, 1.807) is 0 Å². The quantitative estimate of drug-likeness (QED) is 0.528. The highest BCUT2D eigenvalue weighted by Crippen LogP contribution is 1.93. The zero-order valence-electron chi connectivity index (χ0n) is 4.89. The van der Waals surface area contributed by atoms with Gasteiger partial charge in [0.15, 0.2) is 0 Å². The first-order valence-electron chi connectivity index (χ1n) is 2.74. The molecule has 0 spiro atoms. The van der Waals surface area contributed by atoms with E-state index in [4.69, 9.17) is 0 Å². The molecule has 0 aliphatic rings. The number of hydrogen-bond acceptors (Lipinski definition) is 1. The lowest BCUT2D eigenvalue weighted by Gasteiger charge is -1.88. The van der Waals surface area contributed by atoms with Crippen molar-refractivity contribution in [2.75, 3.05) is 0 Å². The Kier molecular flexibility index (Phi) is 1.62. The number of hydrogen-bond donors (Lipinski definition) is 0. The van der Waals surface area contributed by atoms with Crippen LogP contribution in [0.3, 0.4) is 0 Å². The second-order valence-electron chi connectivity index (χ2n) is 1.65. The third-order valence-corrected chi connectivity index (χ3v) is 1.09. The highest BCUT2D eigenvalue weighted by molar-refractivity contribution is 5.06. The summed E-state index contributed by atoms with van der Waals surface area (Å²) < 4.78 is 0. The van der Waals surface area contributed by atoms with Crippen LogP contribution >= 0.6 is 0 Å². The lowest BCUT2D eigenvalue weighted by molar-refractivity contribution is 1.10. The van der Waals surface area contributed by atoms with Gasteiger partial charge in [-0.15, -0.1) is 0 Å². The van der Waals surface area contributed by atoms with Crippen LogP contribution in [0, 0.1) is 6.20 Å². The summed E-state index contributed by atoms with van der Waals surface area (Å²) in [5.74, 6) is 0. The maximum absolute atomic E-state index is 3.83. The lowest BCUT2D eigenvalue weighted by atomic mass is 10.2. The largest absolute Gasteiger partial charge is 0.254 e. The third-order valence-electron chi connectivity index (χ3n) is 1.09. The second kappa shape index (κ2) is 2.46. The van der Waals surface area contributed by atoms with Crippen molar-refractivity contribution in [1.82, 2.24) is 4.98 Å². The van der Waals surface area contributed by atoms with Crippen LogP contribution in [0.1, 0.15) is 12.5 Å². The molecule has 0 fully saturated rings. The van der Waals surface area contributed by atoms with Crippen molar-refractivity contribution in [3.63, 3.8) is 0 Å². The maximum atomic E-state index is 3.83. The molecule has 1 aromatic heterocycles. The van der Waals surface area contributed by atoms with Crippen molar-refractivity contribution in [2.45, 2.75) is 13.3 Å². The van der Waals surface area contributed by atoms with Gasteiger partial charge in [0.25, 0.3) is 0 Å². The number of aryl methyl sites for hydroxylation is 1. The fourth-order valence-electron chi connectivity index (χ4n) is 0.560. The average molecular weight is 106 g/mol. The maximum Gasteiger partial charge on any atom is 0.0886 e. The fourth-order valence-corrected chi connectivity index (χ4v) is 0.560. The minimum Gasteiger partial charge on any atom is -0.254 e. The molecule has 8 heavy (non-hydrogen) atoms. The Balaban J connectivity index is 2.83. The first-order chi connectivity index (χ1) is 3.93. The minimum atomic E-state index is 1.06. The minimum absolute atomic E-state index is 1.06. The predicted octanol–water partition coefficient (Wildman–Crippen LogP) is 1.44. The third kappa shape index (κ3) is 1.06. The molecular weight excluding hydrogens is 98.1 g/mol. The van der Waals surface area contributed by atoms with E-state index in [0.717, 1.165) is 6.42 Å². The molecule has 0 aliphatic carbocycles. The van der Waals surface area contributed by atoms with Gasteiger partial charge >= 0.3 is 0 Å². The SMILES string of the molecule is CCc1cc[c]nc1. The molecule has 1 aromatic rings. The number of nitrogens with zero attached hydrogens (tertiary/aromatic N) is 1. The van der Waals surface area contributed by atoms with E-state index < -0.39 is 0 Å². The summed E-state index contributed by atoms with van der Waals surface area (Å²) in [5, 5.41) is 0. The summed E-state index contributed by atoms with van der Waals surface area (Å²) in [6.45, 7) is 2.11. The van der Waals surface area contributed by atoms with Gasteiger partial charge in [0.2, 0.25) is 0 Å². The molecule has 0 amide bonds. The topological polar surface area (TPSA) is 12.9 Å². The highest BCUT2D eigenvalue weighted by atomic mass is 14.6. The van der Waals surface area contributed by atoms with E-state index >= 15 is 0 Å². The number of aromatic nitrogens is 1. The van der Waals surface area contributed by atoms with Gasteiger partial charge in [-0.25, -0.2) is 0 Å². The van der Waals surface area contributed by atoms with Crippen molar-refractivity contribution in [1.29, 1.82) is 0 Å². The molecule has 0 saturated heterocycles. The normalized spacial score (nSPS) is 9.12. The summed E-state index contributed by atoms with van der Waals surface area (Å²) >= 11 is 0. The molecule has 1 heterocycles. The van der Waals surface area contributed by atoms with E-state index in [-0.39, 0.29) is 0 Å². The molecule has 0 bridgehead atoms. The molecule has 0 saturated carbocycles. The molecule has 1 heteroatoms. The summed E-state index contributed by atoms with van der Waals surface area (Å²) in [4.78, 5) is 3.83. The van der Waals surface area contributed by atoms with Crippen LogP contribution in [0.2, 0.25) is 0 Å². The number of pyridine rings is 1. The van der Waals surface area contributed by atoms with Crippen LogP contribution in [-0.2, 0) is 6.42 Å². The Morgan fingerprint density at radius 3 is 3.00 bits per heavy atom. The van der Waals surface area contributed by atoms with Crippen LogP contribution in [0.15, 0.2) is 18.3 Å². The van der Waals surface area contributed by atoms with E-state index in [1.165, 1.54) is 5.56 Å². The Labute approximate surface area is 49.4 Å². The van der Waals surface area contributed by atoms with Gasteiger partial charge in [0.05, 0.1) is 6.20 Å². The standard InChI is InChI=1S/C7H8N/c1-2-7-4-3-5-8-6-7/h3-4,6H,2H2,1H3. The lowest BCUT2D eigenvalue weighted by Crippen LogP contribution is -1.78. The number of rotatable bonds is 1. The molecule has 41 valence electrons. The molecule has 0 N–H and O–H groups in total. The Hall–Kier alpha value is -0.850. The van der Waals surface area contributed by atoms with Crippen LogP contribution in [0.25, 0.3) is 0 Å². The van der Waals surface area contributed by atoms with E-state index in [9.17, 15) is 0 Å². The molecule has 0 aromatic carbocycles. The van der Waals surface area contributed by atoms with Crippen molar-refractivity contribution in [3.8, 4) is 0 Å². The zero-order chi connectivity index (χ0) is 5.82. The summed E-state index contributed by atoms with van der Waals surface area (Å²) in [7, 11) is 0. The summed E-state index contributed by atoms with van der Waals surface area (Å²) in [6, 6.07) is 3.85. The predicted molar refractivity (Wildman–Crippen MR) is 32.5 cm³/mol. The smallest absolute Gasteiger partial charge is 0.0886 e. The second-order valence-corrected chi connectivity index (χ2v) is 1.65. The van der Waals surface area contributed by atoms with Gasteiger partial charge in [-0.2, -0.15) is 0 Å². The van der Waals surface area contributed by atoms with Crippen molar-refractivity contribution in [2.24, 2.45) is 0 Å². The van der Waals surface area contributed by atoms with Crippen LogP contribution in [-0.4, -0.2) is 4.98 Å². The molecule has 1 radical (unpaired) electrons. The van der Waals surface area contributed by atoms with Gasteiger partial charge in [-0.1, -0.05) is 13.0 Å². The van der Waals surface area contributed by atoms with Gasteiger partial charge in [-0.3, -0.25) is 4.98 Å². The van der Waals surface area contributed by atoms with Gasteiger partial charge in [-0.05, 0) is 18.1 Å². The Morgan fingerprint density at radius 2 is 2.62 bits per heavy atom. The Bertz CT molecular complexity index is 146. The van der Waals surface area contributed by atoms with E-state index in [0.29, 0.717) is 0 Å². The van der Waals surface area contributed by atoms with Crippen LogP contribution < -0.4 is 0 Å². The first kappa shape index (κ1) is 5.29. The fraction of sp³-hybridized carbons (Fsp3) is 0.286. The van der Waals surface area contributed by atoms with Gasteiger partial charge in [0, 0.05) is 6.20 Å². The van der Waals surface area contributed by atoms with Crippen molar-refractivity contribution >= 4 is 0 Å². The van der Waals surface area contributed by atoms with Crippen LogP contribution in [0.4, 0.5) is 0 Å². The zero-order valence-corrected chi connectivity index (χ0v) is 4.89. The van der Waals surface area contributed by atoms with Crippen molar-refractivity contribution in [3.05, 3.63) is 30.1 Å². The summed E-state index contributed by atoms with van der Waals surface area (Å²) in [5.41, 5.74) is 1.27. The van der Waals surface area contributed by atoms with Crippen LogP contribution in [0.5, 0.6) is 0 Å². The molecule has 1 rings (SSSR count). The first-order valence-corrected chi connectivity index (χ1v) is 2.74. The molecule has 0 atom stereocenters. The molecule has 0 aliphatic heterocycles. The highest BCUT2D eigenvalue weighted by Gasteiger charge is 1.81. The van der Waals surface area contributed by atoms with Gasteiger partial charge in [0.1, 0.15) is 0 Å². The molecule has 0 unspecified atom stereocenters. The van der Waals surface area contributed by atoms with Crippen molar-refractivity contribution < 1.29 is 0 Å². The molecule has 1 nitrogen and oxygen atoms in total. The summed E-state index contributed by atoms with van der Waals surface area (Å²) in [6.07, 6.45) is 5.61. The average Bonchev–Trinajstić information content (AvgIpc) is 1.90. The van der Waals surface area contributed by atoms with E-state index in [2.05, 4.69) is 18.1 Å².